The van der Waals surface area contributed by atoms with Crippen molar-refractivity contribution < 1.29 is 9.84 Å². The Morgan fingerprint density at radius 3 is 2.81 bits per heavy atom. The van der Waals surface area contributed by atoms with Gasteiger partial charge in [-0.15, -0.1) is 23.7 Å². The highest BCUT2D eigenvalue weighted by Crippen LogP contribution is 2.21. The van der Waals surface area contributed by atoms with Crippen molar-refractivity contribution in [3.63, 3.8) is 0 Å². The molecule has 0 radical (unpaired) electrons. The van der Waals surface area contributed by atoms with Crippen molar-refractivity contribution in [3.05, 3.63) is 22.4 Å². The second-order valence-corrected chi connectivity index (χ2v) is 4.75. The highest BCUT2D eigenvalue weighted by Gasteiger charge is 2.13. The second-order valence-electron chi connectivity index (χ2n) is 3.77. The number of thiophene rings is 1. The van der Waals surface area contributed by atoms with Crippen molar-refractivity contribution in [1.29, 1.82) is 0 Å². The number of hydrogen-bond acceptors (Lipinski definition) is 4. The van der Waals surface area contributed by atoms with Crippen LogP contribution in [-0.4, -0.2) is 42.9 Å². The summed E-state index contributed by atoms with van der Waals surface area (Å²) in [5, 5.41) is 11.9. The number of halogens is 1. The fourth-order valence-electron chi connectivity index (χ4n) is 1.75. The number of ether oxygens (including phenoxy) is 1. The van der Waals surface area contributed by atoms with Crippen LogP contribution < -0.4 is 0 Å². The Hall–Kier alpha value is -0.130. The fourth-order valence-corrected chi connectivity index (χ4v) is 2.50. The van der Waals surface area contributed by atoms with Crippen LogP contribution in [0.25, 0.3) is 0 Å². The van der Waals surface area contributed by atoms with Crippen LogP contribution >= 0.6 is 23.7 Å². The number of hydrogen-bond donors (Lipinski definition) is 1. The standard InChI is InChI=1S/C11H17NO2S.ClH/c13-10(11-2-1-9-15-11)3-4-12-5-7-14-8-6-12;/h1-2,9-10,13H,3-8H2;1H. The Morgan fingerprint density at radius 2 is 2.19 bits per heavy atom. The zero-order chi connectivity index (χ0) is 10.5. The van der Waals surface area contributed by atoms with E-state index < -0.39 is 0 Å². The van der Waals surface area contributed by atoms with E-state index in [0.29, 0.717) is 0 Å². The molecule has 92 valence electrons. The van der Waals surface area contributed by atoms with E-state index in [1.54, 1.807) is 11.3 Å². The molecule has 1 aromatic rings. The predicted octanol–water partition coefficient (Wildman–Crippen LogP) is 1.93. The molecule has 5 heteroatoms. The maximum absolute atomic E-state index is 9.89. The van der Waals surface area contributed by atoms with Crippen molar-refractivity contribution in [2.24, 2.45) is 0 Å². The summed E-state index contributed by atoms with van der Waals surface area (Å²) < 4.78 is 5.28. The second kappa shape index (κ2) is 7.25. The van der Waals surface area contributed by atoms with Crippen molar-refractivity contribution in [2.45, 2.75) is 12.5 Å². The molecular weight excluding hydrogens is 246 g/mol. The molecule has 1 atom stereocenters. The van der Waals surface area contributed by atoms with Gasteiger partial charge in [0.05, 0.1) is 19.3 Å². The molecule has 1 fully saturated rings. The molecular formula is C11H18ClNO2S. The summed E-state index contributed by atoms with van der Waals surface area (Å²) in [6, 6.07) is 3.98. The minimum absolute atomic E-state index is 0. The molecule has 1 N–H and O–H groups in total. The summed E-state index contributed by atoms with van der Waals surface area (Å²) in [6.45, 7) is 4.61. The van der Waals surface area contributed by atoms with Gasteiger partial charge in [-0.2, -0.15) is 0 Å². The Morgan fingerprint density at radius 1 is 1.44 bits per heavy atom. The van der Waals surface area contributed by atoms with E-state index in [1.807, 2.05) is 17.5 Å². The van der Waals surface area contributed by atoms with Crippen LogP contribution in [0.2, 0.25) is 0 Å². The Balaban J connectivity index is 0.00000128. The molecule has 16 heavy (non-hydrogen) atoms. The number of morpholine rings is 1. The van der Waals surface area contributed by atoms with Crippen LogP contribution in [0.3, 0.4) is 0 Å². The lowest BCUT2D eigenvalue weighted by Crippen LogP contribution is -2.37. The first-order valence-electron chi connectivity index (χ1n) is 5.38. The topological polar surface area (TPSA) is 32.7 Å². The van der Waals surface area contributed by atoms with Crippen molar-refractivity contribution >= 4 is 23.7 Å². The predicted molar refractivity (Wildman–Crippen MR) is 68.4 cm³/mol. The molecule has 0 aromatic carbocycles. The number of nitrogens with zero attached hydrogens (tertiary/aromatic N) is 1. The lowest BCUT2D eigenvalue weighted by Gasteiger charge is -2.27. The molecule has 1 saturated heterocycles. The molecule has 0 amide bonds. The smallest absolute Gasteiger partial charge is 0.0894 e. The number of rotatable bonds is 4. The Kier molecular flexibility index (Phi) is 6.31. The Labute approximate surface area is 106 Å². The van der Waals surface area contributed by atoms with E-state index in [-0.39, 0.29) is 18.5 Å². The SMILES string of the molecule is Cl.OC(CCN1CCOCC1)c1cccs1. The molecule has 0 saturated carbocycles. The monoisotopic (exact) mass is 263 g/mol. The van der Waals surface area contributed by atoms with E-state index in [4.69, 9.17) is 4.74 Å². The van der Waals surface area contributed by atoms with Crippen LogP contribution in [-0.2, 0) is 4.74 Å². The number of aliphatic hydroxyl groups excluding tert-OH is 1. The van der Waals surface area contributed by atoms with Gasteiger partial charge in [-0.1, -0.05) is 6.07 Å². The largest absolute Gasteiger partial charge is 0.388 e. The average molecular weight is 264 g/mol. The van der Waals surface area contributed by atoms with Gasteiger partial charge in [0.1, 0.15) is 0 Å². The van der Waals surface area contributed by atoms with E-state index in [1.165, 1.54) is 0 Å². The van der Waals surface area contributed by atoms with Gasteiger partial charge in [0.15, 0.2) is 0 Å². The molecule has 0 spiro atoms. The first-order chi connectivity index (χ1) is 7.36. The third-order valence-electron chi connectivity index (χ3n) is 2.69. The zero-order valence-electron chi connectivity index (χ0n) is 9.17. The van der Waals surface area contributed by atoms with Gasteiger partial charge in [0, 0.05) is 24.5 Å². The van der Waals surface area contributed by atoms with Crippen molar-refractivity contribution in [3.8, 4) is 0 Å². The van der Waals surface area contributed by atoms with Gasteiger partial charge >= 0.3 is 0 Å². The minimum Gasteiger partial charge on any atom is -0.388 e. The quantitative estimate of drug-likeness (QED) is 0.901. The molecule has 0 aliphatic carbocycles. The van der Waals surface area contributed by atoms with Crippen LogP contribution in [0.15, 0.2) is 17.5 Å². The van der Waals surface area contributed by atoms with Gasteiger partial charge in [-0.05, 0) is 17.9 Å². The van der Waals surface area contributed by atoms with Crippen LogP contribution in [0.5, 0.6) is 0 Å². The molecule has 3 nitrogen and oxygen atoms in total. The third-order valence-corrected chi connectivity index (χ3v) is 3.67. The summed E-state index contributed by atoms with van der Waals surface area (Å²) in [6.07, 6.45) is 0.522. The van der Waals surface area contributed by atoms with Crippen LogP contribution in [0, 0.1) is 0 Å². The lowest BCUT2D eigenvalue weighted by atomic mass is 10.2. The van der Waals surface area contributed by atoms with Gasteiger partial charge in [-0.25, -0.2) is 0 Å². The zero-order valence-corrected chi connectivity index (χ0v) is 10.8. The lowest BCUT2D eigenvalue weighted by molar-refractivity contribution is 0.0303. The number of aliphatic hydroxyl groups is 1. The molecule has 2 rings (SSSR count). The van der Waals surface area contributed by atoms with E-state index in [0.717, 1.165) is 44.1 Å². The van der Waals surface area contributed by atoms with E-state index in [2.05, 4.69) is 4.90 Å². The first-order valence-corrected chi connectivity index (χ1v) is 6.26. The average Bonchev–Trinajstić information content (AvgIpc) is 2.81. The van der Waals surface area contributed by atoms with Crippen molar-refractivity contribution in [2.75, 3.05) is 32.8 Å². The van der Waals surface area contributed by atoms with Crippen LogP contribution in [0.4, 0.5) is 0 Å². The molecule has 0 bridgehead atoms. The molecule has 1 aromatic heterocycles. The van der Waals surface area contributed by atoms with Crippen molar-refractivity contribution in [1.82, 2.24) is 4.90 Å². The summed E-state index contributed by atoms with van der Waals surface area (Å²) in [5.41, 5.74) is 0. The van der Waals surface area contributed by atoms with E-state index >= 15 is 0 Å². The third kappa shape index (κ3) is 4.03. The minimum atomic E-state index is -0.298. The maximum atomic E-state index is 9.89. The van der Waals surface area contributed by atoms with E-state index in [9.17, 15) is 5.11 Å². The summed E-state index contributed by atoms with van der Waals surface area (Å²) >= 11 is 1.62. The first kappa shape index (κ1) is 13.9. The van der Waals surface area contributed by atoms with Gasteiger partial charge in [0.25, 0.3) is 0 Å². The van der Waals surface area contributed by atoms with Gasteiger partial charge < -0.3 is 9.84 Å². The van der Waals surface area contributed by atoms with Crippen LogP contribution in [0.1, 0.15) is 17.4 Å². The van der Waals surface area contributed by atoms with Gasteiger partial charge in [0.2, 0.25) is 0 Å². The highest BCUT2D eigenvalue weighted by molar-refractivity contribution is 7.10. The molecule has 1 aliphatic heterocycles. The summed E-state index contributed by atoms with van der Waals surface area (Å²) in [5.74, 6) is 0. The molecule has 1 unspecified atom stereocenters. The maximum Gasteiger partial charge on any atom is 0.0894 e. The Bertz CT molecular complexity index is 276. The molecule has 1 aliphatic rings. The summed E-state index contributed by atoms with van der Waals surface area (Å²) in [7, 11) is 0. The summed E-state index contributed by atoms with van der Waals surface area (Å²) in [4.78, 5) is 3.42. The normalized spacial score (nSPS) is 19.1. The van der Waals surface area contributed by atoms with Gasteiger partial charge in [-0.3, -0.25) is 4.90 Å². The highest BCUT2D eigenvalue weighted by atomic mass is 35.5. The molecule has 2 heterocycles. The fraction of sp³-hybridized carbons (Fsp3) is 0.636.